The van der Waals surface area contributed by atoms with Crippen LogP contribution in [0.2, 0.25) is 0 Å². The van der Waals surface area contributed by atoms with Crippen molar-refractivity contribution in [1.82, 2.24) is 9.97 Å². The van der Waals surface area contributed by atoms with Gasteiger partial charge in [0.05, 0.1) is 18.1 Å². The Balaban J connectivity index is 2.23. The van der Waals surface area contributed by atoms with E-state index in [-0.39, 0.29) is 17.5 Å². The van der Waals surface area contributed by atoms with Crippen LogP contribution in [0.4, 0.5) is 11.4 Å². The van der Waals surface area contributed by atoms with E-state index in [1.807, 2.05) is 6.92 Å². The van der Waals surface area contributed by atoms with E-state index in [0.29, 0.717) is 0 Å². The van der Waals surface area contributed by atoms with E-state index in [9.17, 15) is 10.1 Å². The van der Waals surface area contributed by atoms with E-state index in [0.717, 1.165) is 17.9 Å². The molecule has 0 fully saturated rings. The number of nitrogens with zero attached hydrogens (tertiary/aromatic N) is 2. The first-order chi connectivity index (χ1) is 9.65. The van der Waals surface area contributed by atoms with Gasteiger partial charge in [-0.05, 0) is 12.5 Å². The summed E-state index contributed by atoms with van der Waals surface area (Å²) in [4.78, 5) is 17.6. The van der Waals surface area contributed by atoms with Crippen LogP contribution in [0.15, 0.2) is 30.6 Å². The summed E-state index contributed by atoms with van der Waals surface area (Å²) in [5.41, 5.74) is 0.694. The van der Waals surface area contributed by atoms with Crippen molar-refractivity contribution < 1.29 is 9.66 Å². The van der Waals surface area contributed by atoms with Crippen LogP contribution in [-0.2, 0) is 0 Å². The molecule has 2 rings (SSSR count). The Morgan fingerprint density at radius 2 is 2.35 bits per heavy atom. The fraction of sp³-hybridized carbons (Fsp3) is 0.308. The number of imidazole rings is 1. The number of ether oxygens (including phenoxy) is 1. The molecule has 1 aromatic heterocycles. The zero-order chi connectivity index (χ0) is 14.5. The molecule has 0 aliphatic carbocycles. The Morgan fingerprint density at radius 3 is 2.90 bits per heavy atom. The van der Waals surface area contributed by atoms with Crippen LogP contribution in [0.25, 0.3) is 0 Å². The second-order valence-electron chi connectivity index (χ2n) is 4.22. The Labute approximate surface area is 116 Å². The Bertz CT molecular complexity index is 583. The van der Waals surface area contributed by atoms with Crippen molar-refractivity contribution in [3.63, 3.8) is 0 Å². The number of nitro benzene ring substituents is 1. The highest BCUT2D eigenvalue weighted by atomic mass is 16.6. The summed E-state index contributed by atoms with van der Waals surface area (Å²) in [6.45, 7) is 2.03. The van der Waals surface area contributed by atoms with Gasteiger partial charge in [-0.15, -0.1) is 0 Å². The van der Waals surface area contributed by atoms with Gasteiger partial charge in [-0.1, -0.05) is 6.92 Å². The number of nitro groups is 1. The minimum atomic E-state index is -0.466. The summed E-state index contributed by atoms with van der Waals surface area (Å²) in [6, 6.07) is 4.71. The summed E-state index contributed by atoms with van der Waals surface area (Å²) in [6.07, 6.45) is 4.28. The lowest BCUT2D eigenvalue weighted by molar-refractivity contribution is -0.385. The number of rotatable bonds is 6. The molecule has 1 atom stereocenters. The standard InChI is InChI=1S/C13H16N4O3/c1-3-10(13-14-6-7-15-13)16-9-4-5-11(17(18)19)12(8-9)20-2/h4-8,10,16H,3H2,1-2H3,(H,14,15). The average Bonchev–Trinajstić information content (AvgIpc) is 2.98. The summed E-state index contributed by atoms with van der Waals surface area (Å²) in [5, 5.41) is 14.1. The monoisotopic (exact) mass is 276 g/mol. The first-order valence-corrected chi connectivity index (χ1v) is 6.24. The molecule has 2 aromatic rings. The van der Waals surface area contributed by atoms with Crippen LogP contribution in [0.3, 0.4) is 0 Å². The third-order valence-corrected chi connectivity index (χ3v) is 2.98. The lowest BCUT2D eigenvalue weighted by atomic mass is 10.2. The van der Waals surface area contributed by atoms with Gasteiger partial charge >= 0.3 is 5.69 Å². The maximum absolute atomic E-state index is 10.8. The highest BCUT2D eigenvalue weighted by Gasteiger charge is 2.17. The fourth-order valence-corrected chi connectivity index (χ4v) is 1.95. The molecule has 7 nitrogen and oxygen atoms in total. The van der Waals surface area contributed by atoms with E-state index in [1.165, 1.54) is 13.2 Å². The Kier molecular flexibility index (Phi) is 4.19. The van der Waals surface area contributed by atoms with Crippen LogP contribution < -0.4 is 10.1 Å². The quantitative estimate of drug-likeness (QED) is 0.625. The van der Waals surface area contributed by atoms with Gasteiger partial charge in [-0.2, -0.15) is 0 Å². The fourth-order valence-electron chi connectivity index (χ4n) is 1.95. The molecule has 0 saturated carbocycles. The van der Waals surface area contributed by atoms with Gasteiger partial charge in [0.25, 0.3) is 0 Å². The van der Waals surface area contributed by atoms with Crippen molar-refractivity contribution in [3.8, 4) is 5.75 Å². The van der Waals surface area contributed by atoms with E-state index in [1.54, 1.807) is 24.5 Å². The van der Waals surface area contributed by atoms with Crippen molar-refractivity contribution in [2.75, 3.05) is 12.4 Å². The first-order valence-electron chi connectivity index (χ1n) is 6.24. The molecule has 1 aromatic carbocycles. The zero-order valence-electron chi connectivity index (χ0n) is 11.3. The molecule has 0 aliphatic rings. The number of methoxy groups -OCH3 is 1. The number of hydrogen-bond donors (Lipinski definition) is 2. The predicted octanol–water partition coefficient (Wildman–Crippen LogP) is 2.89. The van der Waals surface area contributed by atoms with Gasteiger partial charge in [0.1, 0.15) is 5.82 Å². The van der Waals surface area contributed by atoms with E-state index >= 15 is 0 Å². The largest absolute Gasteiger partial charge is 0.490 e. The molecular formula is C13H16N4O3. The highest BCUT2D eigenvalue weighted by molar-refractivity contribution is 5.58. The normalized spacial score (nSPS) is 11.9. The van der Waals surface area contributed by atoms with Gasteiger partial charge in [-0.3, -0.25) is 10.1 Å². The van der Waals surface area contributed by atoms with Crippen molar-refractivity contribution in [2.45, 2.75) is 19.4 Å². The van der Waals surface area contributed by atoms with Crippen molar-refractivity contribution in [3.05, 3.63) is 46.5 Å². The lowest BCUT2D eigenvalue weighted by Crippen LogP contribution is -2.11. The van der Waals surface area contributed by atoms with Gasteiger partial charge in [0.15, 0.2) is 5.75 Å². The zero-order valence-corrected chi connectivity index (χ0v) is 11.3. The van der Waals surface area contributed by atoms with Gasteiger partial charge in [0, 0.05) is 30.2 Å². The molecule has 0 aliphatic heterocycles. The van der Waals surface area contributed by atoms with Crippen LogP contribution in [0, 0.1) is 10.1 Å². The topological polar surface area (TPSA) is 93.1 Å². The van der Waals surface area contributed by atoms with Gasteiger partial charge in [0.2, 0.25) is 0 Å². The SMILES string of the molecule is CCC(Nc1ccc([N+](=O)[O-])c(OC)c1)c1ncc[nH]1. The van der Waals surface area contributed by atoms with Crippen LogP contribution >= 0.6 is 0 Å². The maximum atomic E-state index is 10.8. The van der Waals surface area contributed by atoms with E-state index in [4.69, 9.17) is 4.74 Å². The second-order valence-corrected chi connectivity index (χ2v) is 4.22. The van der Waals surface area contributed by atoms with Crippen LogP contribution in [-0.4, -0.2) is 22.0 Å². The summed E-state index contributed by atoms with van der Waals surface area (Å²) < 4.78 is 5.05. The summed E-state index contributed by atoms with van der Waals surface area (Å²) >= 11 is 0. The van der Waals surface area contributed by atoms with Crippen molar-refractivity contribution in [1.29, 1.82) is 0 Å². The molecule has 1 heterocycles. The maximum Gasteiger partial charge on any atom is 0.311 e. The van der Waals surface area contributed by atoms with Crippen LogP contribution in [0.1, 0.15) is 25.2 Å². The Hall–Kier alpha value is -2.57. The number of hydrogen-bond acceptors (Lipinski definition) is 5. The number of aromatic amines is 1. The van der Waals surface area contributed by atoms with E-state index in [2.05, 4.69) is 15.3 Å². The molecule has 0 amide bonds. The lowest BCUT2D eigenvalue weighted by Gasteiger charge is -2.16. The molecule has 0 spiro atoms. The molecule has 0 bridgehead atoms. The summed E-state index contributed by atoms with van der Waals surface area (Å²) in [7, 11) is 1.41. The summed E-state index contributed by atoms with van der Waals surface area (Å²) in [5.74, 6) is 1.05. The smallest absolute Gasteiger partial charge is 0.311 e. The van der Waals surface area contributed by atoms with Gasteiger partial charge in [-0.25, -0.2) is 4.98 Å². The van der Waals surface area contributed by atoms with Crippen molar-refractivity contribution in [2.24, 2.45) is 0 Å². The van der Waals surface area contributed by atoms with Crippen molar-refractivity contribution >= 4 is 11.4 Å². The number of H-pyrrole nitrogens is 1. The molecule has 106 valence electrons. The number of aromatic nitrogens is 2. The molecular weight excluding hydrogens is 260 g/mol. The average molecular weight is 276 g/mol. The third kappa shape index (κ3) is 2.87. The highest BCUT2D eigenvalue weighted by Crippen LogP contribution is 2.31. The number of nitrogens with one attached hydrogen (secondary N) is 2. The minimum absolute atomic E-state index is 0.0103. The van der Waals surface area contributed by atoms with Crippen LogP contribution in [0.5, 0.6) is 5.75 Å². The predicted molar refractivity (Wildman–Crippen MR) is 74.9 cm³/mol. The number of benzene rings is 1. The number of anilines is 1. The molecule has 7 heteroatoms. The first kappa shape index (κ1) is 13.9. The van der Waals surface area contributed by atoms with E-state index < -0.39 is 4.92 Å². The minimum Gasteiger partial charge on any atom is -0.490 e. The Morgan fingerprint density at radius 1 is 1.55 bits per heavy atom. The third-order valence-electron chi connectivity index (χ3n) is 2.98. The molecule has 2 N–H and O–H groups in total. The molecule has 0 saturated heterocycles. The molecule has 20 heavy (non-hydrogen) atoms. The molecule has 1 unspecified atom stereocenters. The second kappa shape index (κ2) is 6.05. The van der Waals surface area contributed by atoms with Gasteiger partial charge < -0.3 is 15.0 Å². The molecule has 0 radical (unpaired) electrons.